The Kier molecular flexibility index (Phi) is 13.4. The normalized spacial score (nSPS) is 47.0. The number of carboxylic acid groups (broad SMARTS) is 1. The molecule has 0 radical (unpaired) electrons. The number of carboxylic acids is 1. The molecule has 1 saturated heterocycles. The number of aliphatic carboxylic acids is 1. The van der Waals surface area contributed by atoms with Crippen LogP contribution < -0.4 is 5.32 Å². The molecule has 8 N–H and O–H groups in total. The van der Waals surface area contributed by atoms with Crippen molar-refractivity contribution in [3.8, 4) is 0 Å². The number of fused-ring (bicyclic) bond motifs is 7. The van der Waals surface area contributed by atoms with Crippen molar-refractivity contribution in [1.29, 1.82) is 0 Å². The monoisotopic (exact) mass is 856 g/mol. The molecule has 6 aliphatic rings. The van der Waals surface area contributed by atoms with Gasteiger partial charge in [-0.15, -0.1) is 0 Å². The van der Waals surface area contributed by atoms with Crippen molar-refractivity contribution in [3.63, 3.8) is 0 Å². The SMILES string of the molecule is CCC1CC2(C(=O)O)CCC(C)(CO)CC2C2=CC(CCCO)C3C4(C)CC(OCc5ccc(CNC)cc5)C(OC5OCC(O)C(O)C5O)C(C)(CO)C4CCC3(C)C21C. The predicted octanol–water partition coefficient (Wildman–Crippen LogP) is 5.19. The molecular weight excluding hydrogens is 779 g/mol. The molecule has 0 bridgehead atoms. The third kappa shape index (κ3) is 7.48. The van der Waals surface area contributed by atoms with Gasteiger partial charge in [0, 0.05) is 25.2 Å². The summed E-state index contributed by atoms with van der Waals surface area (Å²) in [6.07, 6.45) is 2.40. The molecule has 1 aromatic carbocycles. The second-order valence-electron chi connectivity index (χ2n) is 21.7. The van der Waals surface area contributed by atoms with E-state index in [4.69, 9.17) is 14.2 Å². The van der Waals surface area contributed by atoms with Crippen LogP contribution in [0, 0.1) is 62.1 Å². The molecule has 0 spiro atoms. The number of rotatable bonds is 14. The predicted molar refractivity (Wildman–Crippen MR) is 230 cm³/mol. The lowest BCUT2D eigenvalue weighted by Gasteiger charge is -2.74. The fourth-order valence-corrected chi connectivity index (χ4v) is 15.1. The van der Waals surface area contributed by atoms with Gasteiger partial charge in [0.2, 0.25) is 0 Å². The van der Waals surface area contributed by atoms with E-state index in [2.05, 4.69) is 77.2 Å². The number of ether oxygens (including phenoxy) is 3. The molecule has 1 aromatic rings. The highest BCUT2D eigenvalue weighted by molar-refractivity contribution is 5.77. The van der Waals surface area contributed by atoms with E-state index in [0.717, 1.165) is 43.4 Å². The zero-order chi connectivity index (χ0) is 44.3. The summed E-state index contributed by atoms with van der Waals surface area (Å²) in [7, 11) is 1.91. The standard InChI is InChI=1S/C49H77NO11/c1-8-32-21-49(43(57)58)18-17-44(2,27-52)22-34(49)33-20-31(10-9-19-51)40-45(3)23-36(59-25-30-13-11-29(12-14-30)24-50-7)41(61-42-39(56)38(55)35(54)26-60-42)46(4,28-53)37(45)15-16-47(40,5)48(32,33)6/h11-14,20,31-32,34-42,50-56H,8-10,15-19,21-28H2,1-7H3,(H,57,58). The van der Waals surface area contributed by atoms with Crippen LogP contribution in [0.1, 0.15) is 117 Å². The maximum absolute atomic E-state index is 13.7. The molecule has 0 amide bonds. The Hall–Kier alpha value is -1.97. The summed E-state index contributed by atoms with van der Waals surface area (Å²) in [4.78, 5) is 13.7. The number of hydrogen-bond acceptors (Lipinski definition) is 11. The quantitative estimate of drug-likeness (QED) is 0.0902. The van der Waals surface area contributed by atoms with Crippen LogP contribution in [-0.4, -0.2) is 112 Å². The molecule has 12 heteroatoms. The van der Waals surface area contributed by atoms with Gasteiger partial charge < -0.3 is 55.3 Å². The molecule has 7 rings (SSSR count). The summed E-state index contributed by atoms with van der Waals surface area (Å²) >= 11 is 0. The van der Waals surface area contributed by atoms with Gasteiger partial charge in [0.1, 0.15) is 18.3 Å². The van der Waals surface area contributed by atoms with E-state index in [1.807, 2.05) is 7.05 Å². The van der Waals surface area contributed by atoms with E-state index in [1.54, 1.807) is 0 Å². The van der Waals surface area contributed by atoms with Crippen molar-refractivity contribution < 1.29 is 54.8 Å². The largest absolute Gasteiger partial charge is 0.481 e. The van der Waals surface area contributed by atoms with E-state index in [1.165, 1.54) is 5.57 Å². The molecule has 1 aliphatic heterocycles. The number of allylic oxidation sites excluding steroid dienone is 2. The van der Waals surface area contributed by atoms with Crippen LogP contribution in [0.3, 0.4) is 0 Å². The summed E-state index contributed by atoms with van der Waals surface area (Å²) in [5.74, 6) is -0.860. The van der Waals surface area contributed by atoms with Gasteiger partial charge in [-0.3, -0.25) is 4.79 Å². The van der Waals surface area contributed by atoms with Crippen molar-refractivity contribution >= 4 is 5.97 Å². The fourth-order valence-electron chi connectivity index (χ4n) is 15.1. The number of aliphatic hydroxyl groups is 6. The van der Waals surface area contributed by atoms with Crippen LogP contribution in [0.2, 0.25) is 0 Å². The summed E-state index contributed by atoms with van der Waals surface area (Å²) in [5, 5.41) is 79.4. The first-order valence-corrected chi connectivity index (χ1v) is 23.3. The third-order valence-corrected chi connectivity index (χ3v) is 18.5. The molecule has 17 atom stereocenters. The van der Waals surface area contributed by atoms with Crippen molar-refractivity contribution in [2.75, 3.05) is 33.5 Å². The summed E-state index contributed by atoms with van der Waals surface area (Å²) in [6.45, 7) is 14.3. The van der Waals surface area contributed by atoms with Crippen LogP contribution in [-0.2, 0) is 32.2 Å². The van der Waals surface area contributed by atoms with Crippen LogP contribution in [0.15, 0.2) is 35.9 Å². The molecule has 17 unspecified atom stereocenters. The Morgan fingerprint density at radius 2 is 1.62 bits per heavy atom. The highest BCUT2D eigenvalue weighted by Gasteiger charge is 2.74. The highest BCUT2D eigenvalue weighted by atomic mass is 16.7. The average Bonchev–Trinajstić information content (AvgIpc) is 3.23. The summed E-state index contributed by atoms with van der Waals surface area (Å²) in [6, 6.07) is 8.27. The lowest BCUT2D eigenvalue weighted by atomic mass is 9.30. The first kappa shape index (κ1) is 47.0. The zero-order valence-corrected chi connectivity index (χ0v) is 37.8. The van der Waals surface area contributed by atoms with Crippen LogP contribution >= 0.6 is 0 Å². The number of aliphatic hydroxyl groups excluding tert-OH is 6. The number of hydrogen-bond donors (Lipinski definition) is 8. The van der Waals surface area contributed by atoms with Crippen molar-refractivity contribution in [3.05, 3.63) is 47.0 Å². The molecule has 61 heavy (non-hydrogen) atoms. The van der Waals surface area contributed by atoms with Gasteiger partial charge in [0.25, 0.3) is 0 Å². The molecule has 4 saturated carbocycles. The Bertz CT molecular complexity index is 1740. The second kappa shape index (κ2) is 17.4. The van der Waals surface area contributed by atoms with Gasteiger partial charge in [-0.2, -0.15) is 0 Å². The smallest absolute Gasteiger partial charge is 0.310 e. The van der Waals surface area contributed by atoms with Crippen LogP contribution in [0.5, 0.6) is 0 Å². The maximum atomic E-state index is 13.7. The first-order valence-electron chi connectivity index (χ1n) is 23.3. The number of nitrogens with one attached hydrogen (secondary N) is 1. The fraction of sp³-hybridized carbons (Fsp3) is 0.816. The van der Waals surface area contributed by atoms with Gasteiger partial charge in [-0.25, -0.2) is 0 Å². The zero-order valence-electron chi connectivity index (χ0n) is 37.8. The van der Waals surface area contributed by atoms with Gasteiger partial charge >= 0.3 is 5.97 Å². The van der Waals surface area contributed by atoms with Gasteiger partial charge in [0.05, 0.1) is 37.4 Å². The molecule has 5 fully saturated rings. The maximum Gasteiger partial charge on any atom is 0.310 e. The van der Waals surface area contributed by atoms with E-state index >= 15 is 0 Å². The van der Waals surface area contributed by atoms with E-state index in [9.17, 15) is 40.5 Å². The summed E-state index contributed by atoms with van der Waals surface area (Å²) in [5.41, 5.74) is 0.0872. The van der Waals surface area contributed by atoms with E-state index < -0.39 is 59.0 Å². The Morgan fingerprint density at radius 3 is 2.25 bits per heavy atom. The topological polar surface area (TPSA) is 198 Å². The Morgan fingerprint density at radius 1 is 0.918 bits per heavy atom. The van der Waals surface area contributed by atoms with Gasteiger partial charge in [0.15, 0.2) is 6.29 Å². The van der Waals surface area contributed by atoms with Crippen LogP contribution in [0.4, 0.5) is 0 Å². The summed E-state index contributed by atoms with van der Waals surface area (Å²) < 4.78 is 19.7. The molecule has 5 aliphatic carbocycles. The Labute approximate surface area is 363 Å². The lowest BCUT2D eigenvalue weighted by Crippen LogP contribution is -2.71. The number of benzene rings is 1. The molecule has 12 nitrogen and oxygen atoms in total. The molecular formula is C49H77NO11. The second-order valence-corrected chi connectivity index (χ2v) is 21.7. The van der Waals surface area contributed by atoms with E-state index in [0.29, 0.717) is 38.5 Å². The minimum absolute atomic E-state index is 0.00153. The first-order chi connectivity index (χ1) is 28.9. The van der Waals surface area contributed by atoms with E-state index in [-0.39, 0.29) is 78.9 Å². The minimum atomic E-state index is -1.51. The molecule has 1 heterocycles. The minimum Gasteiger partial charge on any atom is -0.481 e. The van der Waals surface area contributed by atoms with Crippen molar-refractivity contribution in [2.24, 2.45) is 62.1 Å². The lowest BCUT2D eigenvalue weighted by molar-refractivity contribution is -0.334. The average molecular weight is 856 g/mol. The molecule has 0 aromatic heterocycles. The van der Waals surface area contributed by atoms with Gasteiger partial charge in [-0.05, 0) is 127 Å². The third-order valence-electron chi connectivity index (χ3n) is 18.5. The Balaban J connectivity index is 1.36. The van der Waals surface area contributed by atoms with Gasteiger partial charge in [-0.1, -0.05) is 83.9 Å². The van der Waals surface area contributed by atoms with Crippen molar-refractivity contribution in [2.45, 2.75) is 156 Å². The van der Waals surface area contributed by atoms with Crippen LogP contribution in [0.25, 0.3) is 0 Å². The highest BCUT2D eigenvalue weighted by Crippen LogP contribution is 2.78. The molecule has 344 valence electrons. The van der Waals surface area contributed by atoms with Crippen molar-refractivity contribution in [1.82, 2.24) is 5.32 Å². The number of carbonyl (C=O) groups is 1.